The van der Waals surface area contributed by atoms with E-state index in [-0.39, 0.29) is 11.3 Å². The van der Waals surface area contributed by atoms with Crippen LogP contribution in [0, 0.1) is 5.41 Å². The van der Waals surface area contributed by atoms with Gasteiger partial charge in [0.05, 0.1) is 0 Å². The molecule has 26 heavy (non-hydrogen) atoms. The number of para-hydroxylation sites is 1. The number of carbonyl (C=O) groups excluding carboxylic acids is 2. The van der Waals surface area contributed by atoms with Gasteiger partial charge in [-0.25, -0.2) is 5.48 Å². The Morgan fingerprint density at radius 1 is 1.15 bits per heavy atom. The number of benzene rings is 2. The summed E-state index contributed by atoms with van der Waals surface area (Å²) < 4.78 is 0. The molecule has 2 aromatic rings. The zero-order valence-corrected chi connectivity index (χ0v) is 15.2. The van der Waals surface area contributed by atoms with Crippen LogP contribution in [0.15, 0.2) is 48.5 Å². The molecular formula is C21H24N2O3. The molecule has 1 atom stereocenters. The fourth-order valence-corrected chi connectivity index (χ4v) is 3.65. The molecule has 0 saturated heterocycles. The Morgan fingerprint density at radius 3 is 2.58 bits per heavy atom. The number of aryl methyl sites for hydroxylation is 1. The van der Waals surface area contributed by atoms with Crippen LogP contribution in [0.4, 0.5) is 5.69 Å². The molecule has 0 bridgehead atoms. The number of fused-ring (bicyclic) bond motifs is 1. The molecule has 2 aromatic carbocycles. The Morgan fingerprint density at radius 2 is 1.88 bits per heavy atom. The minimum Gasteiger partial charge on any atom is -0.315 e. The quantitative estimate of drug-likeness (QED) is 0.655. The minimum absolute atomic E-state index is 0.0893. The second-order valence-corrected chi connectivity index (χ2v) is 7.38. The number of carbonyl (C=O) groups is 2. The summed E-state index contributed by atoms with van der Waals surface area (Å²) in [4.78, 5) is 26.1. The lowest BCUT2D eigenvalue weighted by Gasteiger charge is -2.35. The van der Waals surface area contributed by atoms with Crippen LogP contribution in [0.2, 0.25) is 0 Å². The highest BCUT2D eigenvalue weighted by atomic mass is 16.5. The Kier molecular flexibility index (Phi) is 5.09. The lowest BCUT2D eigenvalue weighted by molar-refractivity contribution is -0.120. The molecule has 2 amide bonds. The van der Waals surface area contributed by atoms with Crippen molar-refractivity contribution in [2.24, 2.45) is 5.41 Å². The van der Waals surface area contributed by atoms with Gasteiger partial charge in [0.25, 0.3) is 5.91 Å². The number of rotatable bonds is 4. The first-order chi connectivity index (χ1) is 12.4. The van der Waals surface area contributed by atoms with E-state index in [1.165, 1.54) is 5.56 Å². The van der Waals surface area contributed by atoms with E-state index in [1.807, 2.05) is 49.5 Å². The van der Waals surface area contributed by atoms with E-state index in [0.717, 1.165) is 30.5 Å². The van der Waals surface area contributed by atoms with Crippen LogP contribution >= 0.6 is 0 Å². The number of nitrogens with zero attached hydrogens (tertiary/aromatic N) is 1. The molecule has 0 fully saturated rings. The molecule has 0 saturated carbocycles. The minimum atomic E-state index is -0.514. The van der Waals surface area contributed by atoms with Gasteiger partial charge in [0.2, 0.25) is 5.91 Å². The topological polar surface area (TPSA) is 69.6 Å². The van der Waals surface area contributed by atoms with Crippen molar-refractivity contribution < 1.29 is 14.8 Å². The molecule has 3 rings (SSSR count). The summed E-state index contributed by atoms with van der Waals surface area (Å²) in [6.45, 7) is 2.13. The van der Waals surface area contributed by atoms with Crippen LogP contribution in [-0.4, -0.2) is 24.1 Å². The monoisotopic (exact) mass is 352 g/mol. The van der Waals surface area contributed by atoms with Crippen molar-refractivity contribution in [3.8, 4) is 0 Å². The van der Waals surface area contributed by atoms with Crippen molar-refractivity contribution in [3.63, 3.8) is 0 Å². The second kappa shape index (κ2) is 7.30. The average molecular weight is 352 g/mol. The Hall–Kier alpha value is -2.66. The molecule has 1 aliphatic rings. The molecule has 0 aromatic heterocycles. The number of anilines is 1. The van der Waals surface area contributed by atoms with Gasteiger partial charge in [-0.3, -0.25) is 14.8 Å². The highest BCUT2D eigenvalue weighted by molar-refractivity contribution is 5.94. The van der Waals surface area contributed by atoms with Crippen LogP contribution in [0.25, 0.3) is 0 Å². The van der Waals surface area contributed by atoms with E-state index < -0.39 is 5.91 Å². The molecule has 0 spiro atoms. The summed E-state index contributed by atoms with van der Waals surface area (Å²) in [7, 11) is 1.81. The SMILES string of the molecule is CN(C(=O)CC1(C)CCc2ccc(C(=O)NO)cc2C1)c1ccccc1. The Balaban J connectivity index is 1.75. The van der Waals surface area contributed by atoms with E-state index in [4.69, 9.17) is 5.21 Å². The molecule has 5 heteroatoms. The summed E-state index contributed by atoms with van der Waals surface area (Å²) in [5, 5.41) is 8.83. The van der Waals surface area contributed by atoms with Gasteiger partial charge < -0.3 is 4.90 Å². The van der Waals surface area contributed by atoms with Crippen LogP contribution in [0.3, 0.4) is 0 Å². The summed E-state index contributed by atoms with van der Waals surface area (Å²) in [6.07, 6.45) is 3.01. The zero-order chi connectivity index (χ0) is 18.7. The summed E-state index contributed by atoms with van der Waals surface area (Å²) >= 11 is 0. The highest BCUT2D eigenvalue weighted by Crippen LogP contribution is 2.39. The summed E-state index contributed by atoms with van der Waals surface area (Å²) in [5.74, 6) is -0.425. The van der Waals surface area contributed by atoms with Gasteiger partial charge in [-0.05, 0) is 60.1 Å². The van der Waals surface area contributed by atoms with E-state index in [9.17, 15) is 9.59 Å². The highest BCUT2D eigenvalue weighted by Gasteiger charge is 2.33. The number of amides is 2. The summed E-state index contributed by atoms with van der Waals surface area (Å²) in [5.41, 5.74) is 5.13. The predicted octanol–water partition coefficient (Wildman–Crippen LogP) is 3.35. The number of hydrogen-bond acceptors (Lipinski definition) is 3. The van der Waals surface area contributed by atoms with Gasteiger partial charge >= 0.3 is 0 Å². The van der Waals surface area contributed by atoms with Crippen LogP contribution in [0.1, 0.15) is 41.3 Å². The first kappa shape index (κ1) is 18.1. The second-order valence-electron chi connectivity index (χ2n) is 7.38. The third-order valence-corrected chi connectivity index (χ3v) is 5.28. The number of hydrogen-bond donors (Lipinski definition) is 2. The molecule has 0 aliphatic heterocycles. The third kappa shape index (κ3) is 3.78. The normalized spacial score (nSPS) is 18.7. The van der Waals surface area contributed by atoms with Crippen molar-refractivity contribution in [1.29, 1.82) is 0 Å². The van der Waals surface area contributed by atoms with Crippen molar-refractivity contribution in [1.82, 2.24) is 5.48 Å². The summed E-state index contributed by atoms with van der Waals surface area (Å²) in [6, 6.07) is 15.1. The molecule has 1 aliphatic carbocycles. The van der Waals surface area contributed by atoms with Gasteiger partial charge in [0.15, 0.2) is 0 Å². The van der Waals surface area contributed by atoms with Gasteiger partial charge in [-0.15, -0.1) is 0 Å². The zero-order valence-electron chi connectivity index (χ0n) is 15.2. The van der Waals surface area contributed by atoms with E-state index in [1.54, 1.807) is 16.4 Å². The standard InChI is InChI=1S/C21H24N2O3/c1-21(14-19(24)23(2)18-6-4-3-5-7-18)11-10-15-8-9-16(20(25)22-26)12-17(15)13-21/h3-9,12,26H,10-11,13-14H2,1-2H3,(H,22,25). The van der Waals surface area contributed by atoms with Crippen LogP contribution in [0.5, 0.6) is 0 Å². The van der Waals surface area contributed by atoms with Crippen molar-refractivity contribution in [2.45, 2.75) is 32.6 Å². The molecule has 5 nitrogen and oxygen atoms in total. The van der Waals surface area contributed by atoms with Crippen molar-refractivity contribution in [2.75, 3.05) is 11.9 Å². The molecular weight excluding hydrogens is 328 g/mol. The lowest BCUT2D eigenvalue weighted by atomic mass is 9.70. The van der Waals surface area contributed by atoms with Crippen molar-refractivity contribution >= 4 is 17.5 Å². The first-order valence-corrected chi connectivity index (χ1v) is 8.80. The molecule has 1 unspecified atom stereocenters. The predicted molar refractivity (Wildman–Crippen MR) is 100 cm³/mol. The molecule has 0 heterocycles. The molecule has 136 valence electrons. The maximum atomic E-state index is 12.8. The van der Waals surface area contributed by atoms with E-state index in [0.29, 0.717) is 12.0 Å². The van der Waals surface area contributed by atoms with Gasteiger partial charge in [0.1, 0.15) is 0 Å². The first-order valence-electron chi connectivity index (χ1n) is 8.80. The Labute approximate surface area is 153 Å². The fraction of sp³-hybridized carbons (Fsp3) is 0.333. The average Bonchev–Trinajstić information content (AvgIpc) is 2.66. The third-order valence-electron chi connectivity index (χ3n) is 5.28. The van der Waals surface area contributed by atoms with Gasteiger partial charge in [0, 0.05) is 24.7 Å². The molecule has 2 N–H and O–H groups in total. The largest absolute Gasteiger partial charge is 0.315 e. The number of hydroxylamine groups is 1. The molecule has 0 radical (unpaired) electrons. The van der Waals surface area contributed by atoms with Crippen molar-refractivity contribution in [3.05, 3.63) is 65.2 Å². The van der Waals surface area contributed by atoms with Crippen LogP contribution in [-0.2, 0) is 17.6 Å². The maximum Gasteiger partial charge on any atom is 0.274 e. The Bertz CT molecular complexity index is 819. The van der Waals surface area contributed by atoms with Gasteiger partial charge in [-0.1, -0.05) is 31.2 Å². The number of nitrogens with one attached hydrogen (secondary N) is 1. The maximum absolute atomic E-state index is 12.8. The van der Waals surface area contributed by atoms with E-state index >= 15 is 0 Å². The fourth-order valence-electron chi connectivity index (χ4n) is 3.65. The van der Waals surface area contributed by atoms with Gasteiger partial charge in [-0.2, -0.15) is 0 Å². The van der Waals surface area contributed by atoms with E-state index in [2.05, 4.69) is 6.92 Å². The lowest BCUT2D eigenvalue weighted by Crippen LogP contribution is -2.35. The van der Waals surface area contributed by atoms with Crippen LogP contribution < -0.4 is 10.4 Å². The smallest absolute Gasteiger partial charge is 0.274 e.